The first-order chi connectivity index (χ1) is 15.8. The monoisotopic (exact) mass is 449 g/mol. The minimum absolute atomic E-state index is 0.0683. The third-order valence-electron chi connectivity index (χ3n) is 5.67. The fourth-order valence-electron chi connectivity index (χ4n) is 3.62. The van der Waals surface area contributed by atoms with E-state index in [0.29, 0.717) is 31.6 Å². The number of methoxy groups -OCH3 is 1. The molecule has 0 atom stereocenters. The Labute approximate surface area is 194 Å². The van der Waals surface area contributed by atoms with Crippen molar-refractivity contribution in [1.82, 2.24) is 14.7 Å². The standard InChI is InChI=1S/C26H31N3O4/c1-18-6-12-23(13-7-18)33-17-16-28(4)26(31)21-8-10-22(11-9-21)29-20(3)24(19(2)27-29)14-15-25(30)32-5/h6-13H,14-17H2,1-5H3. The van der Waals surface area contributed by atoms with Crippen molar-refractivity contribution in [2.75, 3.05) is 27.3 Å². The average molecular weight is 450 g/mol. The van der Waals surface area contributed by atoms with E-state index in [1.165, 1.54) is 12.7 Å². The molecule has 0 fully saturated rings. The fraction of sp³-hybridized carbons (Fsp3) is 0.346. The Kier molecular flexibility index (Phi) is 7.87. The number of amides is 1. The number of ether oxygens (including phenoxy) is 2. The number of aromatic nitrogens is 2. The Morgan fingerprint density at radius 1 is 1.00 bits per heavy atom. The van der Waals surface area contributed by atoms with Crippen LogP contribution in [0.3, 0.4) is 0 Å². The van der Waals surface area contributed by atoms with E-state index >= 15 is 0 Å². The molecule has 0 radical (unpaired) electrons. The van der Waals surface area contributed by atoms with Gasteiger partial charge in [-0.25, -0.2) is 4.68 Å². The smallest absolute Gasteiger partial charge is 0.305 e. The van der Waals surface area contributed by atoms with Crippen LogP contribution in [-0.2, 0) is 16.0 Å². The first-order valence-electron chi connectivity index (χ1n) is 11.0. The molecule has 0 aliphatic heterocycles. The van der Waals surface area contributed by atoms with Gasteiger partial charge in [-0.15, -0.1) is 0 Å². The van der Waals surface area contributed by atoms with Crippen LogP contribution in [0.25, 0.3) is 5.69 Å². The molecule has 7 heteroatoms. The van der Waals surface area contributed by atoms with Crippen LogP contribution in [0.1, 0.15) is 39.3 Å². The number of carbonyl (C=O) groups is 2. The summed E-state index contributed by atoms with van der Waals surface area (Å²) in [5.41, 5.74) is 5.53. The highest BCUT2D eigenvalue weighted by Gasteiger charge is 2.16. The third kappa shape index (κ3) is 6.00. The number of carbonyl (C=O) groups excluding carboxylic acids is 2. The lowest BCUT2D eigenvalue weighted by Crippen LogP contribution is -2.30. The molecule has 2 aromatic carbocycles. The summed E-state index contributed by atoms with van der Waals surface area (Å²) < 4.78 is 12.3. The number of nitrogens with zero attached hydrogens (tertiary/aromatic N) is 3. The molecule has 174 valence electrons. The molecule has 1 aromatic heterocycles. The second-order valence-electron chi connectivity index (χ2n) is 8.07. The molecule has 3 aromatic rings. The Hall–Kier alpha value is -3.61. The van der Waals surface area contributed by atoms with Crippen LogP contribution in [0.4, 0.5) is 0 Å². The first-order valence-corrected chi connectivity index (χ1v) is 11.0. The summed E-state index contributed by atoms with van der Waals surface area (Å²) in [7, 11) is 3.16. The zero-order valence-electron chi connectivity index (χ0n) is 19.9. The summed E-state index contributed by atoms with van der Waals surface area (Å²) in [5, 5.41) is 4.62. The second-order valence-corrected chi connectivity index (χ2v) is 8.07. The topological polar surface area (TPSA) is 73.7 Å². The predicted octanol–water partition coefficient (Wildman–Crippen LogP) is 4.05. The molecule has 1 heterocycles. The van der Waals surface area contributed by atoms with Crippen LogP contribution in [0.15, 0.2) is 48.5 Å². The Bertz CT molecular complexity index is 1100. The van der Waals surface area contributed by atoms with Crippen LogP contribution in [0, 0.1) is 20.8 Å². The quantitative estimate of drug-likeness (QED) is 0.461. The number of likely N-dealkylation sites (N-methyl/N-ethyl adjacent to an activating group) is 1. The van der Waals surface area contributed by atoms with Gasteiger partial charge in [-0.1, -0.05) is 17.7 Å². The zero-order chi connectivity index (χ0) is 24.0. The first kappa shape index (κ1) is 24.0. The van der Waals surface area contributed by atoms with E-state index in [2.05, 4.69) is 5.10 Å². The van der Waals surface area contributed by atoms with Crippen LogP contribution in [-0.4, -0.2) is 53.9 Å². The van der Waals surface area contributed by atoms with E-state index in [4.69, 9.17) is 9.47 Å². The highest BCUT2D eigenvalue weighted by molar-refractivity contribution is 5.94. The molecule has 0 spiro atoms. The zero-order valence-corrected chi connectivity index (χ0v) is 19.9. The van der Waals surface area contributed by atoms with Crippen molar-refractivity contribution < 1.29 is 19.1 Å². The maximum Gasteiger partial charge on any atom is 0.305 e. The lowest BCUT2D eigenvalue weighted by Gasteiger charge is -2.18. The normalized spacial score (nSPS) is 10.7. The van der Waals surface area contributed by atoms with E-state index in [-0.39, 0.29) is 11.9 Å². The Morgan fingerprint density at radius 3 is 2.30 bits per heavy atom. The molecule has 1 amide bonds. The number of benzene rings is 2. The minimum atomic E-state index is -0.238. The van der Waals surface area contributed by atoms with Gasteiger partial charge in [0.15, 0.2) is 0 Å². The van der Waals surface area contributed by atoms with Gasteiger partial charge >= 0.3 is 5.97 Å². The number of aryl methyl sites for hydroxylation is 2. The van der Waals surface area contributed by atoms with Gasteiger partial charge in [-0.05, 0) is 69.2 Å². The van der Waals surface area contributed by atoms with Crippen molar-refractivity contribution in [3.05, 3.63) is 76.6 Å². The number of hydrogen-bond donors (Lipinski definition) is 0. The average Bonchev–Trinajstić information content (AvgIpc) is 3.11. The molecule has 33 heavy (non-hydrogen) atoms. The Balaban J connectivity index is 1.61. The van der Waals surface area contributed by atoms with Gasteiger partial charge in [-0.2, -0.15) is 5.10 Å². The third-order valence-corrected chi connectivity index (χ3v) is 5.67. The fourth-order valence-corrected chi connectivity index (χ4v) is 3.62. The van der Waals surface area contributed by atoms with E-state index in [9.17, 15) is 9.59 Å². The Morgan fingerprint density at radius 2 is 1.67 bits per heavy atom. The molecular formula is C26H31N3O4. The van der Waals surface area contributed by atoms with Crippen molar-refractivity contribution >= 4 is 11.9 Å². The van der Waals surface area contributed by atoms with Crippen LogP contribution in [0.5, 0.6) is 5.75 Å². The summed E-state index contributed by atoms with van der Waals surface area (Å²) in [5.74, 6) is 0.487. The highest BCUT2D eigenvalue weighted by Crippen LogP contribution is 2.20. The summed E-state index contributed by atoms with van der Waals surface area (Å²) in [6, 6.07) is 15.2. The predicted molar refractivity (Wildman–Crippen MR) is 127 cm³/mol. The maximum atomic E-state index is 12.8. The number of esters is 1. The van der Waals surface area contributed by atoms with Gasteiger partial charge in [0, 0.05) is 24.7 Å². The molecule has 0 unspecified atom stereocenters. The molecule has 0 N–H and O–H groups in total. The number of rotatable bonds is 9. The molecule has 0 bridgehead atoms. The summed E-state index contributed by atoms with van der Waals surface area (Å²) in [4.78, 5) is 25.9. The van der Waals surface area contributed by atoms with Crippen molar-refractivity contribution in [2.45, 2.75) is 33.6 Å². The maximum absolute atomic E-state index is 12.8. The van der Waals surface area contributed by atoms with Crippen LogP contribution < -0.4 is 4.74 Å². The molecule has 3 rings (SSSR count). The van der Waals surface area contributed by atoms with Gasteiger partial charge in [-0.3, -0.25) is 9.59 Å². The lowest BCUT2D eigenvalue weighted by atomic mass is 10.1. The van der Waals surface area contributed by atoms with Gasteiger partial charge in [0.2, 0.25) is 0 Å². The molecule has 0 saturated carbocycles. The summed E-state index contributed by atoms with van der Waals surface area (Å²) >= 11 is 0. The van der Waals surface area contributed by atoms with E-state index in [1.54, 1.807) is 24.1 Å². The summed E-state index contributed by atoms with van der Waals surface area (Å²) in [6.07, 6.45) is 0.896. The largest absolute Gasteiger partial charge is 0.492 e. The molecule has 0 aliphatic rings. The van der Waals surface area contributed by atoms with E-state index in [1.807, 2.05) is 61.9 Å². The van der Waals surface area contributed by atoms with Crippen molar-refractivity contribution in [3.63, 3.8) is 0 Å². The van der Waals surface area contributed by atoms with Gasteiger partial charge in [0.05, 0.1) is 25.0 Å². The van der Waals surface area contributed by atoms with Crippen LogP contribution >= 0.6 is 0 Å². The van der Waals surface area contributed by atoms with Crippen molar-refractivity contribution in [1.29, 1.82) is 0 Å². The van der Waals surface area contributed by atoms with E-state index in [0.717, 1.165) is 28.4 Å². The molecule has 0 aliphatic carbocycles. The molecule has 0 saturated heterocycles. The SMILES string of the molecule is COC(=O)CCc1c(C)nn(-c2ccc(C(=O)N(C)CCOc3ccc(C)cc3)cc2)c1C. The van der Waals surface area contributed by atoms with Gasteiger partial charge in [0.25, 0.3) is 5.91 Å². The highest BCUT2D eigenvalue weighted by atomic mass is 16.5. The van der Waals surface area contributed by atoms with Gasteiger partial charge < -0.3 is 14.4 Å². The van der Waals surface area contributed by atoms with Crippen LogP contribution in [0.2, 0.25) is 0 Å². The van der Waals surface area contributed by atoms with Gasteiger partial charge in [0.1, 0.15) is 12.4 Å². The molecular weight excluding hydrogens is 418 g/mol. The van der Waals surface area contributed by atoms with Crippen molar-refractivity contribution in [2.24, 2.45) is 0 Å². The molecule has 7 nitrogen and oxygen atoms in total. The minimum Gasteiger partial charge on any atom is -0.492 e. The lowest BCUT2D eigenvalue weighted by molar-refractivity contribution is -0.140. The second kappa shape index (κ2) is 10.8. The summed E-state index contributed by atoms with van der Waals surface area (Å²) in [6.45, 7) is 6.84. The van der Waals surface area contributed by atoms with E-state index < -0.39 is 0 Å². The van der Waals surface area contributed by atoms with Crippen molar-refractivity contribution in [3.8, 4) is 11.4 Å². The number of hydrogen-bond acceptors (Lipinski definition) is 5.